The van der Waals surface area contributed by atoms with Crippen molar-refractivity contribution in [3.63, 3.8) is 0 Å². The first-order chi connectivity index (χ1) is 16.5. The van der Waals surface area contributed by atoms with E-state index in [0.717, 1.165) is 47.3 Å². The number of piperidine rings is 3. The third-order valence-corrected chi connectivity index (χ3v) is 7.71. The Labute approximate surface area is 200 Å². The van der Waals surface area contributed by atoms with E-state index in [9.17, 15) is 9.90 Å². The van der Waals surface area contributed by atoms with E-state index in [1.54, 1.807) is 25.4 Å². The number of ether oxygens (including phenoxy) is 2. The Hall–Kier alpha value is -3.12. The number of aryl methyl sites for hydroxylation is 1. The summed E-state index contributed by atoms with van der Waals surface area (Å²) < 4.78 is 11.8. The second-order valence-electron chi connectivity index (χ2n) is 9.64. The summed E-state index contributed by atoms with van der Waals surface area (Å²) in [5.74, 6) is 1.50. The third-order valence-electron chi connectivity index (χ3n) is 7.71. The zero-order valence-electron chi connectivity index (χ0n) is 20.0. The summed E-state index contributed by atoms with van der Waals surface area (Å²) in [5, 5.41) is 11.3. The van der Waals surface area contributed by atoms with Gasteiger partial charge in [-0.1, -0.05) is 19.4 Å². The van der Waals surface area contributed by atoms with Crippen LogP contribution < -0.4 is 4.74 Å². The topological polar surface area (TPSA) is 71.9 Å². The minimum atomic E-state index is -0.509. The van der Waals surface area contributed by atoms with Gasteiger partial charge in [-0.05, 0) is 80.1 Å². The minimum Gasteiger partial charge on any atom is -0.507 e. The number of aromatic hydroxyl groups is 1. The van der Waals surface area contributed by atoms with Gasteiger partial charge in [0, 0.05) is 23.7 Å². The Bertz CT molecular complexity index is 1210. The van der Waals surface area contributed by atoms with Gasteiger partial charge in [0.05, 0.1) is 18.7 Å². The highest BCUT2D eigenvalue weighted by molar-refractivity contribution is 5.93. The molecule has 0 saturated carbocycles. The first kappa shape index (κ1) is 22.7. The standard InChI is InChI=1S/C28H32N2O4/c1-4-18-16-30-12-10-19(18)14-25(30)27(34-28(32)22-7-5-17(2)13-26(22)31)21-9-11-29-24-8-6-20(33-3)15-23(21)24/h5-9,11,13,15,18-19,25,27,31H,4,10,12,14,16H2,1-3H3/t18?,19?,25-,27+/m0/s1. The van der Waals surface area contributed by atoms with E-state index < -0.39 is 12.1 Å². The van der Waals surface area contributed by atoms with Crippen LogP contribution in [0.4, 0.5) is 0 Å². The number of carbonyl (C=O) groups is 1. The number of rotatable bonds is 6. The molecule has 3 aliphatic rings. The maximum Gasteiger partial charge on any atom is 0.342 e. The number of benzene rings is 2. The lowest BCUT2D eigenvalue weighted by Gasteiger charge is -2.51. The zero-order valence-corrected chi connectivity index (χ0v) is 20.0. The molecule has 178 valence electrons. The van der Waals surface area contributed by atoms with Gasteiger partial charge in [-0.25, -0.2) is 4.79 Å². The van der Waals surface area contributed by atoms with Crippen molar-refractivity contribution in [1.29, 1.82) is 0 Å². The maximum atomic E-state index is 13.3. The molecule has 3 aliphatic heterocycles. The first-order valence-electron chi connectivity index (χ1n) is 12.2. The quantitative estimate of drug-likeness (QED) is 0.505. The van der Waals surface area contributed by atoms with Crippen molar-refractivity contribution in [2.45, 2.75) is 45.3 Å². The number of carbonyl (C=O) groups excluding carboxylic acids is 1. The van der Waals surface area contributed by atoms with E-state index in [1.165, 1.54) is 12.8 Å². The van der Waals surface area contributed by atoms with Crippen LogP contribution in [0.25, 0.3) is 10.9 Å². The average molecular weight is 461 g/mol. The molecular weight excluding hydrogens is 428 g/mol. The molecule has 2 bridgehead atoms. The predicted molar refractivity (Wildman–Crippen MR) is 131 cm³/mol. The van der Waals surface area contributed by atoms with E-state index in [2.05, 4.69) is 16.8 Å². The Morgan fingerprint density at radius 1 is 1.24 bits per heavy atom. The fourth-order valence-electron chi connectivity index (χ4n) is 5.82. The molecule has 0 radical (unpaired) electrons. The summed E-state index contributed by atoms with van der Waals surface area (Å²) >= 11 is 0. The van der Waals surface area contributed by atoms with Crippen LogP contribution in [0.1, 0.15) is 53.8 Å². The number of fused-ring (bicyclic) bond motifs is 4. The van der Waals surface area contributed by atoms with E-state index in [0.29, 0.717) is 11.8 Å². The average Bonchev–Trinajstić information content (AvgIpc) is 2.86. The summed E-state index contributed by atoms with van der Waals surface area (Å²) in [5.41, 5.74) is 2.84. The number of pyridine rings is 1. The Balaban J connectivity index is 1.57. The number of phenols is 1. The van der Waals surface area contributed by atoms with Crippen molar-refractivity contribution in [1.82, 2.24) is 9.88 Å². The summed E-state index contributed by atoms with van der Waals surface area (Å²) in [6.07, 6.45) is 4.65. The Morgan fingerprint density at radius 3 is 2.79 bits per heavy atom. The number of aromatic nitrogens is 1. The van der Waals surface area contributed by atoms with E-state index in [1.807, 2.05) is 37.3 Å². The Morgan fingerprint density at radius 2 is 2.09 bits per heavy atom. The lowest BCUT2D eigenvalue weighted by Crippen LogP contribution is -2.55. The van der Waals surface area contributed by atoms with E-state index >= 15 is 0 Å². The van der Waals surface area contributed by atoms with Crippen LogP contribution in [0.5, 0.6) is 11.5 Å². The molecule has 1 N–H and O–H groups in total. The normalized spacial score (nSPS) is 24.7. The van der Waals surface area contributed by atoms with Crippen LogP contribution in [0, 0.1) is 18.8 Å². The third kappa shape index (κ3) is 4.11. The zero-order chi connectivity index (χ0) is 23.8. The molecule has 1 aromatic heterocycles. The fourth-order valence-corrected chi connectivity index (χ4v) is 5.82. The molecule has 4 heterocycles. The predicted octanol–water partition coefficient (Wildman–Crippen LogP) is 5.28. The van der Waals surface area contributed by atoms with Crippen LogP contribution in [0.2, 0.25) is 0 Å². The van der Waals surface area contributed by atoms with Gasteiger partial charge in [-0.3, -0.25) is 9.88 Å². The first-order valence-corrected chi connectivity index (χ1v) is 12.2. The van der Waals surface area contributed by atoms with Crippen LogP contribution in [0.3, 0.4) is 0 Å². The molecule has 6 heteroatoms. The number of nitrogens with zero attached hydrogens (tertiary/aromatic N) is 2. The highest BCUT2D eigenvalue weighted by Crippen LogP contribution is 2.44. The smallest absolute Gasteiger partial charge is 0.342 e. The summed E-state index contributed by atoms with van der Waals surface area (Å²) in [6, 6.07) is 12.9. The molecule has 3 saturated heterocycles. The summed E-state index contributed by atoms with van der Waals surface area (Å²) in [4.78, 5) is 20.4. The van der Waals surface area contributed by atoms with Crippen molar-refractivity contribution >= 4 is 16.9 Å². The Kier molecular flexibility index (Phi) is 6.17. The molecule has 3 fully saturated rings. The molecule has 5 atom stereocenters. The van der Waals surface area contributed by atoms with Gasteiger partial charge in [0.2, 0.25) is 0 Å². The fraction of sp³-hybridized carbons (Fsp3) is 0.429. The van der Waals surface area contributed by atoms with E-state index in [-0.39, 0.29) is 17.4 Å². The van der Waals surface area contributed by atoms with Crippen molar-refractivity contribution < 1.29 is 19.4 Å². The molecule has 3 unspecified atom stereocenters. The highest BCUT2D eigenvalue weighted by atomic mass is 16.5. The molecule has 0 amide bonds. The summed E-state index contributed by atoms with van der Waals surface area (Å²) in [6.45, 7) is 6.19. The van der Waals surface area contributed by atoms with Crippen molar-refractivity contribution in [3.8, 4) is 11.5 Å². The van der Waals surface area contributed by atoms with Gasteiger partial charge < -0.3 is 14.6 Å². The number of phenolic OH excluding ortho intramolecular Hbond substituents is 1. The number of hydrogen-bond acceptors (Lipinski definition) is 6. The van der Waals surface area contributed by atoms with Gasteiger partial charge >= 0.3 is 5.97 Å². The molecule has 6 nitrogen and oxygen atoms in total. The molecule has 3 aromatic rings. The van der Waals surface area contributed by atoms with Gasteiger partial charge in [0.15, 0.2) is 0 Å². The largest absolute Gasteiger partial charge is 0.507 e. The molecule has 2 aromatic carbocycles. The van der Waals surface area contributed by atoms with Crippen molar-refractivity contribution in [2.24, 2.45) is 11.8 Å². The molecule has 0 aliphatic carbocycles. The second kappa shape index (κ2) is 9.26. The van der Waals surface area contributed by atoms with Crippen LogP contribution >= 0.6 is 0 Å². The maximum absolute atomic E-state index is 13.3. The van der Waals surface area contributed by atoms with Crippen LogP contribution in [-0.2, 0) is 4.74 Å². The number of methoxy groups -OCH3 is 1. The SMILES string of the molecule is CCC1CN2CCC1C[C@H]2[C@H](OC(=O)c1ccc(C)cc1O)c1ccnc2ccc(OC)cc12. The molecule has 0 spiro atoms. The lowest BCUT2D eigenvalue weighted by molar-refractivity contribution is -0.0660. The molecule has 6 rings (SSSR count). The van der Waals surface area contributed by atoms with Gasteiger partial charge in [0.25, 0.3) is 0 Å². The van der Waals surface area contributed by atoms with Gasteiger partial charge in [-0.15, -0.1) is 0 Å². The van der Waals surface area contributed by atoms with Gasteiger partial charge in [-0.2, -0.15) is 0 Å². The second-order valence-corrected chi connectivity index (χ2v) is 9.64. The van der Waals surface area contributed by atoms with Crippen molar-refractivity contribution in [2.75, 3.05) is 20.2 Å². The minimum absolute atomic E-state index is 0.0541. The van der Waals surface area contributed by atoms with Crippen molar-refractivity contribution in [3.05, 3.63) is 65.4 Å². The molecule has 34 heavy (non-hydrogen) atoms. The monoisotopic (exact) mass is 460 g/mol. The number of hydrogen-bond donors (Lipinski definition) is 1. The van der Waals surface area contributed by atoms with E-state index in [4.69, 9.17) is 9.47 Å². The van der Waals surface area contributed by atoms with Crippen LogP contribution in [-0.4, -0.2) is 47.2 Å². The van der Waals surface area contributed by atoms with Crippen LogP contribution in [0.15, 0.2) is 48.7 Å². The summed E-state index contributed by atoms with van der Waals surface area (Å²) in [7, 11) is 1.64. The lowest BCUT2D eigenvalue weighted by atomic mass is 9.72. The number of esters is 1. The molecular formula is C28H32N2O4. The highest BCUT2D eigenvalue weighted by Gasteiger charge is 2.44. The van der Waals surface area contributed by atoms with Gasteiger partial charge in [0.1, 0.15) is 23.2 Å².